The van der Waals surface area contributed by atoms with Crippen LogP contribution in [0.25, 0.3) is 10.9 Å². The van der Waals surface area contributed by atoms with Gasteiger partial charge in [0.2, 0.25) is 0 Å². The standard InChI is InChI=1S/C23H21F2N3O2/c1-2-30-12-11-27-10-9-19-21-20(15-5-3-4-6-18(15)26-19)23(29)28(22(21)27)14-7-8-16(24)17(25)13-14/h3-8,13,22H,2,9-12H2,1H3. The number of amides is 1. The van der Waals surface area contributed by atoms with E-state index in [1.165, 1.54) is 6.07 Å². The van der Waals surface area contributed by atoms with Crippen molar-refractivity contribution in [1.82, 2.24) is 9.88 Å². The van der Waals surface area contributed by atoms with Gasteiger partial charge < -0.3 is 4.74 Å². The minimum atomic E-state index is -0.976. The normalized spacial score (nSPS) is 18.3. The molecule has 7 heteroatoms. The van der Waals surface area contributed by atoms with Crippen LogP contribution in [0.1, 0.15) is 34.7 Å². The number of hydrogen-bond acceptors (Lipinski definition) is 4. The van der Waals surface area contributed by atoms with Crippen LogP contribution < -0.4 is 4.90 Å². The second kappa shape index (κ2) is 7.41. The summed E-state index contributed by atoms with van der Waals surface area (Å²) in [4.78, 5) is 22.2. The molecule has 1 aromatic heterocycles. The van der Waals surface area contributed by atoms with E-state index in [0.29, 0.717) is 44.0 Å². The summed E-state index contributed by atoms with van der Waals surface area (Å²) < 4.78 is 33.2. The second-order valence-electron chi connectivity index (χ2n) is 7.49. The number of aromatic nitrogens is 1. The van der Waals surface area contributed by atoms with E-state index in [1.54, 1.807) is 4.90 Å². The van der Waals surface area contributed by atoms with Gasteiger partial charge in [0.05, 0.1) is 17.7 Å². The average Bonchev–Trinajstić information content (AvgIpc) is 3.06. The zero-order chi connectivity index (χ0) is 20.8. The van der Waals surface area contributed by atoms with E-state index < -0.39 is 17.8 Å². The zero-order valence-electron chi connectivity index (χ0n) is 16.6. The molecule has 1 atom stereocenters. The van der Waals surface area contributed by atoms with Crippen molar-refractivity contribution in [3.8, 4) is 0 Å². The van der Waals surface area contributed by atoms with E-state index in [1.807, 2.05) is 31.2 Å². The van der Waals surface area contributed by atoms with Crippen LogP contribution in [0, 0.1) is 11.6 Å². The summed E-state index contributed by atoms with van der Waals surface area (Å²) in [6, 6.07) is 11.2. The van der Waals surface area contributed by atoms with Crippen LogP contribution in [0.5, 0.6) is 0 Å². The van der Waals surface area contributed by atoms with Crippen molar-refractivity contribution in [2.24, 2.45) is 0 Å². The van der Waals surface area contributed by atoms with Crippen LogP contribution in [0.4, 0.5) is 14.5 Å². The fourth-order valence-electron chi connectivity index (χ4n) is 4.51. The third kappa shape index (κ3) is 2.88. The molecule has 0 radical (unpaired) electrons. The number of ether oxygens (including phenoxy) is 1. The van der Waals surface area contributed by atoms with Crippen molar-refractivity contribution in [3.05, 3.63) is 70.9 Å². The highest BCUT2D eigenvalue weighted by Gasteiger charge is 2.46. The molecule has 0 spiro atoms. The molecule has 2 aliphatic heterocycles. The first-order valence-corrected chi connectivity index (χ1v) is 10.1. The maximum atomic E-state index is 14.1. The molecule has 0 saturated carbocycles. The Labute approximate surface area is 172 Å². The van der Waals surface area contributed by atoms with E-state index in [-0.39, 0.29) is 5.91 Å². The molecule has 0 saturated heterocycles. The minimum Gasteiger partial charge on any atom is -0.380 e. The number of carbonyl (C=O) groups is 1. The first-order valence-electron chi connectivity index (χ1n) is 10.1. The number of halogens is 2. The lowest BCUT2D eigenvalue weighted by Gasteiger charge is -2.38. The molecule has 1 unspecified atom stereocenters. The lowest BCUT2D eigenvalue weighted by atomic mass is 9.96. The van der Waals surface area contributed by atoms with Crippen molar-refractivity contribution >= 4 is 22.5 Å². The molecule has 0 aliphatic carbocycles. The smallest absolute Gasteiger partial charge is 0.261 e. The maximum Gasteiger partial charge on any atom is 0.261 e. The molecular formula is C23H21F2N3O2. The van der Waals surface area contributed by atoms with Crippen molar-refractivity contribution in [2.45, 2.75) is 19.5 Å². The number of nitrogens with zero attached hydrogens (tertiary/aromatic N) is 3. The molecule has 3 heterocycles. The van der Waals surface area contributed by atoms with Crippen molar-refractivity contribution < 1.29 is 18.3 Å². The number of pyridine rings is 1. The fraction of sp³-hybridized carbons (Fsp3) is 0.304. The first-order chi connectivity index (χ1) is 14.6. The van der Waals surface area contributed by atoms with Crippen molar-refractivity contribution in [3.63, 3.8) is 0 Å². The Morgan fingerprint density at radius 2 is 2.00 bits per heavy atom. The Kier molecular flexibility index (Phi) is 4.72. The number of anilines is 1. The number of para-hydroxylation sites is 1. The Balaban J connectivity index is 1.69. The van der Waals surface area contributed by atoms with Gasteiger partial charge in [-0.3, -0.25) is 19.6 Å². The van der Waals surface area contributed by atoms with Crippen LogP contribution in [-0.2, 0) is 11.2 Å². The van der Waals surface area contributed by atoms with E-state index in [4.69, 9.17) is 9.72 Å². The summed E-state index contributed by atoms with van der Waals surface area (Å²) in [5, 5.41) is 0.781. The highest BCUT2D eigenvalue weighted by molar-refractivity contribution is 6.18. The Hall–Kier alpha value is -2.90. The van der Waals surface area contributed by atoms with Gasteiger partial charge in [0, 0.05) is 54.5 Å². The van der Waals surface area contributed by atoms with Gasteiger partial charge in [0.1, 0.15) is 6.17 Å². The molecule has 0 N–H and O–H groups in total. The number of rotatable bonds is 5. The van der Waals surface area contributed by atoms with Gasteiger partial charge in [-0.1, -0.05) is 18.2 Å². The van der Waals surface area contributed by atoms with Crippen LogP contribution in [0.3, 0.4) is 0 Å². The van der Waals surface area contributed by atoms with Crippen LogP contribution in [0.2, 0.25) is 0 Å². The Morgan fingerprint density at radius 3 is 2.80 bits per heavy atom. The van der Waals surface area contributed by atoms with E-state index in [9.17, 15) is 13.6 Å². The molecule has 5 rings (SSSR count). The van der Waals surface area contributed by atoms with Crippen LogP contribution in [-0.4, -0.2) is 42.1 Å². The summed E-state index contributed by atoms with van der Waals surface area (Å²) in [7, 11) is 0. The van der Waals surface area contributed by atoms with Crippen LogP contribution >= 0.6 is 0 Å². The van der Waals surface area contributed by atoms with E-state index in [0.717, 1.165) is 34.3 Å². The van der Waals surface area contributed by atoms with Gasteiger partial charge >= 0.3 is 0 Å². The summed E-state index contributed by atoms with van der Waals surface area (Å²) in [5.41, 5.74) is 3.46. The van der Waals surface area contributed by atoms with E-state index >= 15 is 0 Å². The molecule has 154 valence electrons. The third-order valence-corrected chi connectivity index (χ3v) is 5.83. The molecule has 1 amide bonds. The summed E-state index contributed by atoms with van der Waals surface area (Å²) in [6.07, 6.45) is 0.299. The Bertz CT molecular complexity index is 1150. The van der Waals surface area contributed by atoms with Gasteiger partial charge in [-0.25, -0.2) is 8.78 Å². The molecule has 30 heavy (non-hydrogen) atoms. The van der Waals surface area contributed by atoms with Gasteiger partial charge in [-0.15, -0.1) is 0 Å². The molecular weight excluding hydrogens is 388 g/mol. The van der Waals surface area contributed by atoms with Crippen LogP contribution in [0.15, 0.2) is 42.5 Å². The zero-order valence-corrected chi connectivity index (χ0v) is 16.6. The van der Waals surface area contributed by atoms with Gasteiger partial charge in [0.15, 0.2) is 11.6 Å². The second-order valence-corrected chi connectivity index (χ2v) is 7.49. The molecule has 2 aromatic carbocycles. The lowest BCUT2D eigenvalue weighted by molar-refractivity contribution is 0.0822. The topological polar surface area (TPSA) is 45.7 Å². The number of fused-ring (bicyclic) bond motifs is 2. The minimum absolute atomic E-state index is 0.218. The third-order valence-electron chi connectivity index (χ3n) is 5.83. The molecule has 5 nitrogen and oxygen atoms in total. The SMILES string of the molecule is CCOCCN1CCc2nc3ccccc3c3c2C1N(c1ccc(F)c(F)c1)C3=O. The predicted octanol–water partition coefficient (Wildman–Crippen LogP) is 4.07. The molecule has 0 bridgehead atoms. The van der Waals surface area contributed by atoms with Gasteiger partial charge in [-0.05, 0) is 25.1 Å². The first kappa shape index (κ1) is 19.1. The molecule has 3 aromatic rings. The number of carbonyl (C=O) groups excluding carboxylic acids is 1. The fourth-order valence-corrected chi connectivity index (χ4v) is 4.51. The monoisotopic (exact) mass is 409 g/mol. The molecule has 2 aliphatic rings. The largest absolute Gasteiger partial charge is 0.380 e. The summed E-state index contributed by atoms with van der Waals surface area (Å²) >= 11 is 0. The lowest BCUT2D eigenvalue weighted by Crippen LogP contribution is -2.45. The highest BCUT2D eigenvalue weighted by Crippen LogP contribution is 2.45. The average molecular weight is 409 g/mol. The van der Waals surface area contributed by atoms with E-state index in [2.05, 4.69) is 4.90 Å². The Morgan fingerprint density at radius 1 is 1.17 bits per heavy atom. The van der Waals surface area contributed by atoms with Gasteiger partial charge in [-0.2, -0.15) is 0 Å². The molecule has 0 fully saturated rings. The van der Waals surface area contributed by atoms with Crippen molar-refractivity contribution in [1.29, 1.82) is 0 Å². The number of benzene rings is 2. The summed E-state index contributed by atoms with van der Waals surface area (Å²) in [5.74, 6) is -2.13. The predicted molar refractivity (Wildman–Crippen MR) is 109 cm³/mol. The number of hydrogen-bond donors (Lipinski definition) is 0. The highest BCUT2D eigenvalue weighted by atomic mass is 19.2. The van der Waals surface area contributed by atoms with Gasteiger partial charge in [0.25, 0.3) is 5.91 Å². The van der Waals surface area contributed by atoms with Crippen molar-refractivity contribution in [2.75, 3.05) is 31.2 Å². The maximum absolute atomic E-state index is 14.1. The summed E-state index contributed by atoms with van der Waals surface area (Å²) in [6.45, 7) is 4.39. The quantitative estimate of drug-likeness (QED) is 0.596.